The second-order valence-electron chi connectivity index (χ2n) is 6.55. The third kappa shape index (κ3) is 3.90. The minimum atomic E-state index is 0.0665. The van der Waals surface area contributed by atoms with Crippen LogP contribution in [0, 0.1) is 13.8 Å². The van der Waals surface area contributed by atoms with Gasteiger partial charge >= 0.3 is 0 Å². The molecule has 0 aliphatic carbocycles. The summed E-state index contributed by atoms with van der Waals surface area (Å²) in [5.74, 6) is 1.01. The van der Waals surface area contributed by atoms with Crippen LogP contribution in [0.2, 0.25) is 0 Å². The van der Waals surface area contributed by atoms with E-state index in [1.807, 2.05) is 32.0 Å². The van der Waals surface area contributed by atoms with Crippen LogP contribution in [0.3, 0.4) is 0 Å². The molecule has 3 rings (SSSR count). The molecule has 3 aromatic rings. The number of carbonyl (C=O) groups excluding carboxylic acids is 1. The second kappa shape index (κ2) is 8.08. The molecule has 0 aliphatic rings. The van der Waals surface area contributed by atoms with Gasteiger partial charge in [-0.05, 0) is 37.8 Å². The fraction of sp³-hybridized carbons (Fsp3) is 0.400. The Kier molecular flexibility index (Phi) is 5.61. The maximum absolute atomic E-state index is 12.3. The van der Waals surface area contributed by atoms with Crippen molar-refractivity contribution < 1.29 is 4.79 Å². The van der Waals surface area contributed by atoms with Crippen molar-refractivity contribution in [1.82, 2.24) is 24.9 Å². The highest BCUT2D eigenvalue weighted by Gasteiger charge is 2.14. The Labute approximate surface area is 153 Å². The molecule has 0 saturated heterocycles. The van der Waals surface area contributed by atoms with Crippen molar-refractivity contribution in [3.05, 3.63) is 59.2 Å². The first kappa shape index (κ1) is 18.0. The van der Waals surface area contributed by atoms with E-state index in [1.54, 1.807) is 4.52 Å². The lowest BCUT2D eigenvalue weighted by molar-refractivity contribution is -0.121. The summed E-state index contributed by atoms with van der Waals surface area (Å²) in [5, 5.41) is 7.27. The predicted octanol–water partition coefficient (Wildman–Crippen LogP) is 2.98. The van der Waals surface area contributed by atoms with Gasteiger partial charge in [0.2, 0.25) is 5.91 Å². The van der Waals surface area contributed by atoms with Gasteiger partial charge in [-0.25, -0.2) is 9.50 Å². The summed E-state index contributed by atoms with van der Waals surface area (Å²) in [6.45, 7) is 6.76. The zero-order chi connectivity index (χ0) is 18.5. The van der Waals surface area contributed by atoms with E-state index in [0.29, 0.717) is 31.1 Å². The number of rotatable bonds is 7. The lowest BCUT2D eigenvalue weighted by Crippen LogP contribution is -2.28. The van der Waals surface area contributed by atoms with E-state index in [2.05, 4.69) is 39.4 Å². The summed E-state index contributed by atoms with van der Waals surface area (Å²) in [4.78, 5) is 20.9. The molecule has 6 heteroatoms. The number of hydrogen-bond acceptors (Lipinski definition) is 4. The zero-order valence-corrected chi connectivity index (χ0v) is 15.6. The van der Waals surface area contributed by atoms with Gasteiger partial charge in [0.25, 0.3) is 5.78 Å². The van der Waals surface area contributed by atoms with E-state index in [1.165, 1.54) is 11.9 Å². The Morgan fingerprint density at radius 2 is 2.00 bits per heavy atom. The van der Waals surface area contributed by atoms with E-state index in [-0.39, 0.29) is 5.91 Å². The molecule has 0 saturated carbocycles. The molecule has 26 heavy (non-hydrogen) atoms. The van der Waals surface area contributed by atoms with Crippen molar-refractivity contribution >= 4 is 11.7 Å². The number of fused-ring (bicyclic) bond motifs is 1. The highest BCUT2D eigenvalue weighted by atomic mass is 16.1. The molecule has 2 aromatic heterocycles. The van der Waals surface area contributed by atoms with Gasteiger partial charge in [-0.1, -0.05) is 37.3 Å². The fourth-order valence-electron chi connectivity index (χ4n) is 3.30. The first-order chi connectivity index (χ1) is 12.6. The van der Waals surface area contributed by atoms with Gasteiger partial charge in [-0.2, -0.15) is 10.1 Å². The average molecular weight is 351 g/mol. The highest BCUT2D eigenvalue weighted by molar-refractivity contribution is 5.76. The Bertz CT molecular complexity index is 888. The molecule has 6 nitrogen and oxygen atoms in total. The summed E-state index contributed by atoms with van der Waals surface area (Å²) in [5.41, 5.74) is 4.23. The Balaban J connectivity index is 1.59. The summed E-state index contributed by atoms with van der Waals surface area (Å²) in [7, 11) is 0. The van der Waals surface area contributed by atoms with E-state index in [9.17, 15) is 4.79 Å². The zero-order valence-electron chi connectivity index (χ0n) is 15.6. The standard InChI is InChI=1S/C20H25N5O/c1-4-16(17-8-6-5-7-9-17)12-21-19(26)11-10-18-14(2)24-20-22-13-23-25(20)15(18)3/h5-9,13,16H,4,10-12H2,1-3H3,(H,21,26). The van der Waals surface area contributed by atoms with Crippen molar-refractivity contribution in [2.75, 3.05) is 6.54 Å². The van der Waals surface area contributed by atoms with Gasteiger partial charge < -0.3 is 5.32 Å². The van der Waals surface area contributed by atoms with Crippen LogP contribution in [0.15, 0.2) is 36.7 Å². The van der Waals surface area contributed by atoms with Crippen LogP contribution in [0.1, 0.15) is 48.2 Å². The molecule has 1 amide bonds. The summed E-state index contributed by atoms with van der Waals surface area (Å²) in [6.07, 6.45) is 3.58. The van der Waals surface area contributed by atoms with E-state index >= 15 is 0 Å². The van der Waals surface area contributed by atoms with Crippen molar-refractivity contribution in [3.8, 4) is 0 Å². The SMILES string of the molecule is CCC(CNC(=O)CCc1c(C)nc2ncnn2c1C)c1ccccc1. The number of nitrogens with one attached hydrogen (secondary N) is 1. The quantitative estimate of drug-likeness (QED) is 0.710. The number of benzene rings is 1. The molecular formula is C20H25N5O. The normalized spacial score (nSPS) is 12.3. The van der Waals surface area contributed by atoms with Crippen molar-refractivity contribution in [2.24, 2.45) is 0 Å². The first-order valence-corrected chi connectivity index (χ1v) is 9.07. The van der Waals surface area contributed by atoms with Gasteiger partial charge in [0.15, 0.2) is 0 Å². The summed E-state index contributed by atoms with van der Waals surface area (Å²) >= 11 is 0. The Hall–Kier alpha value is -2.76. The molecule has 0 bridgehead atoms. The van der Waals surface area contributed by atoms with Crippen LogP contribution in [0.25, 0.3) is 5.78 Å². The maximum Gasteiger partial charge on any atom is 0.252 e. The van der Waals surface area contributed by atoms with E-state index < -0.39 is 0 Å². The molecule has 0 fully saturated rings. The van der Waals surface area contributed by atoms with Crippen LogP contribution in [-0.2, 0) is 11.2 Å². The van der Waals surface area contributed by atoms with Crippen molar-refractivity contribution in [3.63, 3.8) is 0 Å². The average Bonchev–Trinajstić information content (AvgIpc) is 3.11. The van der Waals surface area contributed by atoms with Crippen molar-refractivity contribution in [2.45, 2.75) is 46.0 Å². The van der Waals surface area contributed by atoms with E-state index in [4.69, 9.17) is 0 Å². The lowest BCUT2D eigenvalue weighted by Gasteiger charge is -2.16. The summed E-state index contributed by atoms with van der Waals surface area (Å²) in [6, 6.07) is 10.3. The third-order valence-electron chi connectivity index (χ3n) is 4.90. The molecule has 0 aliphatic heterocycles. The summed E-state index contributed by atoms with van der Waals surface area (Å²) < 4.78 is 1.72. The minimum absolute atomic E-state index is 0.0665. The predicted molar refractivity (Wildman–Crippen MR) is 101 cm³/mol. The number of carbonyl (C=O) groups is 1. The lowest BCUT2D eigenvalue weighted by atomic mass is 9.96. The number of amides is 1. The molecule has 1 aromatic carbocycles. The number of aromatic nitrogens is 4. The van der Waals surface area contributed by atoms with Crippen LogP contribution >= 0.6 is 0 Å². The van der Waals surface area contributed by atoms with Crippen molar-refractivity contribution in [1.29, 1.82) is 0 Å². The van der Waals surface area contributed by atoms with Crippen LogP contribution < -0.4 is 5.32 Å². The third-order valence-corrected chi connectivity index (χ3v) is 4.90. The van der Waals surface area contributed by atoms with Gasteiger partial charge in [0.1, 0.15) is 6.33 Å². The van der Waals surface area contributed by atoms with Gasteiger partial charge in [0, 0.05) is 30.3 Å². The molecule has 0 radical (unpaired) electrons. The van der Waals surface area contributed by atoms with Crippen LogP contribution in [-0.4, -0.2) is 32.0 Å². The maximum atomic E-state index is 12.3. The number of nitrogens with zero attached hydrogens (tertiary/aromatic N) is 4. The Morgan fingerprint density at radius 3 is 2.73 bits per heavy atom. The smallest absolute Gasteiger partial charge is 0.252 e. The van der Waals surface area contributed by atoms with Crippen LogP contribution in [0.4, 0.5) is 0 Å². The molecule has 1 atom stereocenters. The second-order valence-corrected chi connectivity index (χ2v) is 6.55. The fourth-order valence-corrected chi connectivity index (χ4v) is 3.30. The molecule has 1 N–H and O–H groups in total. The monoisotopic (exact) mass is 351 g/mol. The largest absolute Gasteiger partial charge is 0.355 e. The van der Waals surface area contributed by atoms with Crippen LogP contribution in [0.5, 0.6) is 0 Å². The molecular weight excluding hydrogens is 326 g/mol. The molecule has 0 spiro atoms. The van der Waals surface area contributed by atoms with Gasteiger partial charge in [-0.3, -0.25) is 4.79 Å². The van der Waals surface area contributed by atoms with Gasteiger partial charge in [0.05, 0.1) is 0 Å². The minimum Gasteiger partial charge on any atom is -0.355 e. The Morgan fingerprint density at radius 1 is 1.23 bits per heavy atom. The molecule has 136 valence electrons. The first-order valence-electron chi connectivity index (χ1n) is 9.07. The highest BCUT2D eigenvalue weighted by Crippen LogP contribution is 2.18. The number of hydrogen-bond donors (Lipinski definition) is 1. The molecule has 1 unspecified atom stereocenters. The number of aryl methyl sites for hydroxylation is 2. The molecule has 2 heterocycles. The van der Waals surface area contributed by atoms with Gasteiger partial charge in [-0.15, -0.1) is 0 Å². The topological polar surface area (TPSA) is 72.2 Å². The van der Waals surface area contributed by atoms with E-state index in [0.717, 1.165) is 23.4 Å².